The molecule has 2 N–H and O–H groups in total. The van der Waals surface area contributed by atoms with Crippen LogP contribution in [0.4, 0.5) is 0 Å². The summed E-state index contributed by atoms with van der Waals surface area (Å²) in [5.41, 5.74) is 6.04. The summed E-state index contributed by atoms with van der Waals surface area (Å²) < 4.78 is 5.90. The summed E-state index contributed by atoms with van der Waals surface area (Å²) in [6.07, 6.45) is 10.4. The lowest BCUT2D eigenvalue weighted by Crippen LogP contribution is -2.49. The molecule has 2 fully saturated rings. The first kappa shape index (κ1) is 15.3. The molecule has 0 amide bonds. The molecule has 19 heavy (non-hydrogen) atoms. The van der Waals surface area contributed by atoms with Crippen molar-refractivity contribution in [1.29, 1.82) is 0 Å². The summed E-state index contributed by atoms with van der Waals surface area (Å²) in [4.78, 5) is 2.76. The van der Waals surface area contributed by atoms with Gasteiger partial charge in [-0.2, -0.15) is 0 Å². The molecule has 0 spiro atoms. The fourth-order valence-electron chi connectivity index (χ4n) is 3.93. The Labute approximate surface area is 118 Å². The van der Waals surface area contributed by atoms with Crippen LogP contribution in [-0.4, -0.2) is 42.3 Å². The predicted molar refractivity (Wildman–Crippen MR) is 80.3 cm³/mol. The number of hydrogen-bond acceptors (Lipinski definition) is 3. The minimum atomic E-state index is 0.456. The van der Waals surface area contributed by atoms with Crippen molar-refractivity contribution >= 4 is 0 Å². The quantitative estimate of drug-likeness (QED) is 0.833. The molecule has 3 heteroatoms. The molecule has 112 valence electrons. The molecule has 2 rings (SSSR count). The normalized spacial score (nSPS) is 36.6. The summed E-state index contributed by atoms with van der Waals surface area (Å²) in [6, 6.07) is 1.97. The molecule has 3 nitrogen and oxygen atoms in total. The third-order valence-corrected chi connectivity index (χ3v) is 4.99. The second-order valence-corrected chi connectivity index (χ2v) is 6.36. The Bertz CT molecular complexity index is 249. The first-order valence-electron chi connectivity index (χ1n) is 8.37. The lowest BCUT2D eigenvalue weighted by atomic mass is 9.88. The molecule has 0 bridgehead atoms. The van der Waals surface area contributed by atoms with E-state index in [9.17, 15) is 0 Å². The van der Waals surface area contributed by atoms with Crippen LogP contribution in [0.5, 0.6) is 0 Å². The van der Waals surface area contributed by atoms with Gasteiger partial charge in [-0.3, -0.25) is 4.90 Å². The van der Waals surface area contributed by atoms with E-state index in [1.165, 1.54) is 57.9 Å². The highest BCUT2D eigenvalue weighted by Gasteiger charge is 2.31. The summed E-state index contributed by atoms with van der Waals surface area (Å²) in [5.74, 6) is 0. The van der Waals surface area contributed by atoms with Crippen LogP contribution in [0, 0.1) is 0 Å². The first-order chi connectivity index (χ1) is 9.24. The van der Waals surface area contributed by atoms with Crippen molar-refractivity contribution in [3.05, 3.63) is 0 Å². The van der Waals surface area contributed by atoms with Crippen LogP contribution in [0.15, 0.2) is 0 Å². The standard InChI is InChI=1S/C16H32N2O/c1-3-5-16-12-15(10-11-19-16)18(4-2)14-8-6-13(17)7-9-14/h13-16H,3-12,17H2,1-2H3. The largest absolute Gasteiger partial charge is 0.378 e. The number of hydrogen-bond donors (Lipinski definition) is 1. The molecule has 1 saturated carbocycles. The Kier molecular flexibility index (Phi) is 6.11. The summed E-state index contributed by atoms with van der Waals surface area (Å²) in [7, 11) is 0. The minimum Gasteiger partial charge on any atom is -0.378 e. The molecular weight excluding hydrogens is 236 g/mol. The Balaban J connectivity index is 1.89. The highest BCUT2D eigenvalue weighted by atomic mass is 16.5. The van der Waals surface area contributed by atoms with Crippen LogP contribution >= 0.6 is 0 Å². The minimum absolute atomic E-state index is 0.456. The molecule has 0 aromatic heterocycles. The van der Waals surface area contributed by atoms with Gasteiger partial charge in [-0.15, -0.1) is 0 Å². The summed E-state index contributed by atoms with van der Waals surface area (Å²) >= 11 is 0. The van der Waals surface area contributed by atoms with Crippen LogP contribution in [0.1, 0.15) is 65.2 Å². The van der Waals surface area contributed by atoms with Gasteiger partial charge in [0.15, 0.2) is 0 Å². The molecule has 0 aromatic rings. The van der Waals surface area contributed by atoms with Gasteiger partial charge in [-0.25, -0.2) is 0 Å². The molecule has 2 unspecified atom stereocenters. The smallest absolute Gasteiger partial charge is 0.0590 e. The van der Waals surface area contributed by atoms with Gasteiger partial charge < -0.3 is 10.5 Å². The van der Waals surface area contributed by atoms with Crippen LogP contribution in [0.2, 0.25) is 0 Å². The van der Waals surface area contributed by atoms with Crippen LogP contribution in [-0.2, 0) is 4.74 Å². The molecule has 1 saturated heterocycles. The van der Waals surface area contributed by atoms with Crippen LogP contribution in [0.25, 0.3) is 0 Å². The van der Waals surface area contributed by atoms with Crippen molar-refractivity contribution in [3.63, 3.8) is 0 Å². The average Bonchev–Trinajstić information content (AvgIpc) is 2.43. The van der Waals surface area contributed by atoms with E-state index < -0.39 is 0 Å². The Hall–Kier alpha value is -0.120. The van der Waals surface area contributed by atoms with Gasteiger partial charge in [0.05, 0.1) is 6.10 Å². The number of nitrogens with zero attached hydrogens (tertiary/aromatic N) is 1. The van der Waals surface area contributed by atoms with E-state index in [2.05, 4.69) is 18.7 Å². The van der Waals surface area contributed by atoms with Gasteiger partial charge >= 0.3 is 0 Å². The third kappa shape index (κ3) is 4.17. The van der Waals surface area contributed by atoms with E-state index in [1.54, 1.807) is 0 Å². The zero-order valence-electron chi connectivity index (χ0n) is 12.8. The Morgan fingerprint density at radius 2 is 1.79 bits per heavy atom. The molecule has 1 aliphatic carbocycles. The maximum Gasteiger partial charge on any atom is 0.0590 e. The second kappa shape index (κ2) is 7.61. The second-order valence-electron chi connectivity index (χ2n) is 6.36. The van der Waals surface area contributed by atoms with Gasteiger partial charge in [0, 0.05) is 24.7 Å². The lowest BCUT2D eigenvalue weighted by molar-refractivity contribution is -0.0428. The molecule has 1 aliphatic heterocycles. The fraction of sp³-hybridized carbons (Fsp3) is 1.00. The van der Waals surface area contributed by atoms with Crippen molar-refractivity contribution in [3.8, 4) is 0 Å². The molecule has 2 aliphatic rings. The molecule has 0 radical (unpaired) electrons. The summed E-state index contributed by atoms with van der Waals surface area (Å²) in [5, 5.41) is 0. The van der Waals surface area contributed by atoms with Crippen LogP contribution < -0.4 is 5.73 Å². The SMILES string of the molecule is CCCC1CC(N(CC)C2CCC(N)CC2)CCO1. The van der Waals surface area contributed by atoms with Crippen molar-refractivity contribution in [2.75, 3.05) is 13.2 Å². The third-order valence-electron chi connectivity index (χ3n) is 4.99. The van der Waals surface area contributed by atoms with Crippen molar-refractivity contribution in [2.45, 2.75) is 89.4 Å². The Morgan fingerprint density at radius 3 is 2.42 bits per heavy atom. The van der Waals surface area contributed by atoms with Gasteiger partial charge in [0.25, 0.3) is 0 Å². The van der Waals surface area contributed by atoms with E-state index in [0.29, 0.717) is 12.1 Å². The highest BCUT2D eigenvalue weighted by molar-refractivity contribution is 4.87. The van der Waals surface area contributed by atoms with Crippen molar-refractivity contribution < 1.29 is 4.74 Å². The monoisotopic (exact) mass is 268 g/mol. The maximum absolute atomic E-state index is 6.04. The highest BCUT2D eigenvalue weighted by Crippen LogP contribution is 2.29. The van der Waals surface area contributed by atoms with Crippen molar-refractivity contribution in [1.82, 2.24) is 4.90 Å². The van der Waals surface area contributed by atoms with Gasteiger partial charge in [-0.1, -0.05) is 20.3 Å². The average molecular weight is 268 g/mol. The van der Waals surface area contributed by atoms with Crippen molar-refractivity contribution in [2.24, 2.45) is 5.73 Å². The lowest BCUT2D eigenvalue weighted by Gasteiger charge is -2.43. The van der Waals surface area contributed by atoms with E-state index in [-0.39, 0.29) is 0 Å². The number of nitrogens with two attached hydrogens (primary N) is 1. The fourth-order valence-corrected chi connectivity index (χ4v) is 3.93. The van der Waals surface area contributed by atoms with E-state index >= 15 is 0 Å². The van der Waals surface area contributed by atoms with E-state index in [4.69, 9.17) is 10.5 Å². The zero-order valence-corrected chi connectivity index (χ0v) is 12.8. The topological polar surface area (TPSA) is 38.5 Å². The predicted octanol–water partition coefficient (Wildman–Crippen LogP) is 2.93. The Morgan fingerprint density at radius 1 is 1.05 bits per heavy atom. The summed E-state index contributed by atoms with van der Waals surface area (Å²) in [6.45, 7) is 6.72. The van der Waals surface area contributed by atoms with Gasteiger partial charge in [-0.05, 0) is 51.5 Å². The molecule has 0 aromatic carbocycles. The zero-order chi connectivity index (χ0) is 13.7. The van der Waals surface area contributed by atoms with E-state index in [1.807, 2.05) is 0 Å². The molecule has 2 atom stereocenters. The molecular formula is C16H32N2O. The van der Waals surface area contributed by atoms with Gasteiger partial charge in [0.2, 0.25) is 0 Å². The van der Waals surface area contributed by atoms with Crippen LogP contribution in [0.3, 0.4) is 0 Å². The van der Waals surface area contributed by atoms with E-state index in [0.717, 1.165) is 18.7 Å². The first-order valence-corrected chi connectivity index (χ1v) is 8.37. The number of ether oxygens (including phenoxy) is 1. The maximum atomic E-state index is 6.04. The molecule has 1 heterocycles. The van der Waals surface area contributed by atoms with Gasteiger partial charge in [0.1, 0.15) is 0 Å². The number of rotatable bonds is 5.